The second kappa shape index (κ2) is 4.78. The highest BCUT2D eigenvalue weighted by Gasteiger charge is 2.53. The van der Waals surface area contributed by atoms with Gasteiger partial charge in [-0.25, -0.2) is 4.79 Å². The fraction of sp³-hybridized carbons (Fsp3) is 0.846. The van der Waals surface area contributed by atoms with Gasteiger partial charge in [0.2, 0.25) is 0 Å². The van der Waals surface area contributed by atoms with Crippen LogP contribution in [-0.4, -0.2) is 30.8 Å². The predicted molar refractivity (Wildman–Crippen MR) is 67.1 cm³/mol. The van der Waals surface area contributed by atoms with E-state index in [4.69, 9.17) is 9.47 Å². The molecule has 0 aliphatic heterocycles. The molecule has 1 amide bonds. The molecular weight excluding hydrogens is 234 g/mol. The van der Waals surface area contributed by atoms with Crippen molar-refractivity contribution >= 4 is 12.1 Å². The largest absolute Gasteiger partial charge is 0.469 e. The highest BCUT2D eigenvalue weighted by Crippen LogP contribution is 2.46. The molecule has 0 heterocycles. The first-order chi connectivity index (χ1) is 8.08. The lowest BCUT2D eigenvalue weighted by atomic mass is 9.58. The zero-order chi connectivity index (χ0) is 14.1. The van der Waals surface area contributed by atoms with Crippen LogP contribution in [0.4, 0.5) is 4.79 Å². The van der Waals surface area contributed by atoms with Gasteiger partial charge in [-0.15, -0.1) is 0 Å². The summed E-state index contributed by atoms with van der Waals surface area (Å²) in [6.07, 6.45) is 0.155. The first kappa shape index (κ1) is 14.8. The number of nitrogens with one attached hydrogen (secondary N) is 1. The molecule has 2 atom stereocenters. The van der Waals surface area contributed by atoms with Gasteiger partial charge in [0.05, 0.1) is 13.0 Å². The number of methoxy groups -OCH3 is 1. The second-order valence-corrected chi connectivity index (χ2v) is 6.33. The van der Waals surface area contributed by atoms with Crippen molar-refractivity contribution in [1.29, 1.82) is 0 Å². The number of hydrogen-bond donors (Lipinski definition) is 1. The van der Waals surface area contributed by atoms with E-state index in [1.165, 1.54) is 7.11 Å². The molecule has 1 unspecified atom stereocenters. The lowest BCUT2D eigenvalue weighted by Crippen LogP contribution is -2.61. The molecule has 0 saturated heterocycles. The van der Waals surface area contributed by atoms with Gasteiger partial charge in [-0.2, -0.15) is 0 Å². The SMILES string of the molecule is COC(=O)C1C[C@@H](NC(=O)OC(C)(C)C)C1(C)C. The summed E-state index contributed by atoms with van der Waals surface area (Å²) in [5.41, 5.74) is -0.816. The molecule has 1 saturated carbocycles. The van der Waals surface area contributed by atoms with Crippen molar-refractivity contribution in [2.75, 3.05) is 7.11 Å². The zero-order valence-corrected chi connectivity index (χ0v) is 12.0. The zero-order valence-electron chi connectivity index (χ0n) is 12.0. The summed E-state index contributed by atoms with van der Waals surface area (Å²) in [5.74, 6) is -0.385. The van der Waals surface area contributed by atoms with Gasteiger partial charge >= 0.3 is 12.1 Å². The fourth-order valence-electron chi connectivity index (χ4n) is 2.16. The number of carbonyl (C=O) groups is 2. The third kappa shape index (κ3) is 3.15. The maximum atomic E-state index is 11.6. The van der Waals surface area contributed by atoms with E-state index in [1.54, 1.807) is 0 Å². The molecule has 1 fully saturated rings. The molecule has 1 rings (SSSR count). The Bertz CT molecular complexity index is 343. The predicted octanol–water partition coefficient (Wildman–Crippen LogP) is 2.10. The van der Waals surface area contributed by atoms with Crippen molar-refractivity contribution in [3.8, 4) is 0 Å². The van der Waals surface area contributed by atoms with Crippen LogP contribution in [0.3, 0.4) is 0 Å². The average Bonchev–Trinajstić information content (AvgIpc) is 2.20. The second-order valence-electron chi connectivity index (χ2n) is 6.33. The summed E-state index contributed by atoms with van der Waals surface area (Å²) in [4.78, 5) is 23.1. The topological polar surface area (TPSA) is 64.6 Å². The Kier molecular flexibility index (Phi) is 3.93. The van der Waals surface area contributed by atoms with Crippen molar-refractivity contribution in [1.82, 2.24) is 5.32 Å². The van der Waals surface area contributed by atoms with E-state index in [1.807, 2.05) is 34.6 Å². The van der Waals surface area contributed by atoms with Crippen LogP contribution in [0.2, 0.25) is 0 Å². The number of ether oxygens (including phenoxy) is 2. The van der Waals surface area contributed by atoms with E-state index < -0.39 is 11.7 Å². The third-order valence-corrected chi connectivity index (χ3v) is 3.44. The number of esters is 1. The molecule has 0 aromatic heterocycles. The summed E-state index contributed by atoms with van der Waals surface area (Å²) in [7, 11) is 1.38. The average molecular weight is 257 g/mol. The van der Waals surface area contributed by atoms with E-state index >= 15 is 0 Å². The van der Waals surface area contributed by atoms with Crippen molar-refractivity contribution < 1.29 is 19.1 Å². The third-order valence-electron chi connectivity index (χ3n) is 3.44. The van der Waals surface area contributed by atoms with Crippen LogP contribution >= 0.6 is 0 Å². The van der Waals surface area contributed by atoms with Gasteiger partial charge in [-0.05, 0) is 32.6 Å². The van der Waals surface area contributed by atoms with Crippen LogP contribution in [-0.2, 0) is 14.3 Å². The Balaban J connectivity index is 2.52. The summed E-state index contributed by atoms with van der Waals surface area (Å²) < 4.78 is 9.93. The van der Waals surface area contributed by atoms with Gasteiger partial charge in [-0.1, -0.05) is 13.8 Å². The molecule has 104 valence electrons. The molecule has 1 aliphatic rings. The molecule has 0 aromatic carbocycles. The van der Waals surface area contributed by atoms with E-state index in [-0.39, 0.29) is 23.3 Å². The molecule has 18 heavy (non-hydrogen) atoms. The van der Waals surface area contributed by atoms with Crippen molar-refractivity contribution in [2.24, 2.45) is 11.3 Å². The molecular formula is C13H23NO4. The number of rotatable bonds is 2. The minimum Gasteiger partial charge on any atom is -0.469 e. The molecule has 5 nitrogen and oxygen atoms in total. The fourth-order valence-corrected chi connectivity index (χ4v) is 2.16. The van der Waals surface area contributed by atoms with Gasteiger partial charge in [0.1, 0.15) is 5.60 Å². The van der Waals surface area contributed by atoms with Crippen molar-refractivity contribution in [3.63, 3.8) is 0 Å². The van der Waals surface area contributed by atoms with Crippen molar-refractivity contribution in [3.05, 3.63) is 0 Å². The molecule has 0 aromatic rings. The van der Waals surface area contributed by atoms with E-state index in [0.717, 1.165) is 0 Å². The standard InChI is InChI=1S/C13H23NO4/c1-12(2,3)18-11(16)14-9-7-8(10(15)17-6)13(9,4)5/h8-9H,7H2,1-6H3,(H,14,16)/t8?,9-/m1/s1. The van der Waals surface area contributed by atoms with Gasteiger partial charge in [0.25, 0.3) is 0 Å². The maximum Gasteiger partial charge on any atom is 0.407 e. The smallest absolute Gasteiger partial charge is 0.407 e. The summed E-state index contributed by atoms with van der Waals surface area (Å²) in [6, 6.07) is -0.0588. The number of hydrogen-bond acceptors (Lipinski definition) is 4. The Morgan fingerprint density at radius 2 is 1.83 bits per heavy atom. The summed E-state index contributed by atoms with van der Waals surface area (Å²) >= 11 is 0. The quantitative estimate of drug-likeness (QED) is 0.769. The van der Waals surface area contributed by atoms with Crippen molar-refractivity contribution in [2.45, 2.75) is 52.7 Å². The molecule has 1 N–H and O–H groups in total. The Morgan fingerprint density at radius 3 is 2.22 bits per heavy atom. The lowest BCUT2D eigenvalue weighted by Gasteiger charge is -2.50. The van der Waals surface area contributed by atoms with Gasteiger partial charge < -0.3 is 14.8 Å². The Labute approximate surface area is 108 Å². The normalized spacial score (nSPS) is 25.9. The lowest BCUT2D eigenvalue weighted by molar-refractivity contribution is -0.158. The highest BCUT2D eigenvalue weighted by atomic mass is 16.6. The first-order valence-electron chi connectivity index (χ1n) is 6.15. The summed E-state index contributed by atoms with van der Waals surface area (Å²) in [5, 5.41) is 2.80. The van der Waals surface area contributed by atoms with Crippen LogP contribution in [0.15, 0.2) is 0 Å². The van der Waals surface area contributed by atoms with Gasteiger partial charge in [-0.3, -0.25) is 4.79 Å². The number of alkyl carbamates (subject to hydrolysis) is 1. The number of carbonyl (C=O) groups excluding carboxylic acids is 2. The molecule has 0 bridgehead atoms. The van der Waals surface area contributed by atoms with E-state index in [9.17, 15) is 9.59 Å². The van der Waals surface area contributed by atoms with Crippen LogP contribution < -0.4 is 5.32 Å². The Hall–Kier alpha value is -1.26. The van der Waals surface area contributed by atoms with Crippen LogP contribution in [0.1, 0.15) is 41.0 Å². The minimum atomic E-state index is -0.514. The monoisotopic (exact) mass is 257 g/mol. The van der Waals surface area contributed by atoms with Crippen LogP contribution in [0, 0.1) is 11.3 Å². The highest BCUT2D eigenvalue weighted by molar-refractivity contribution is 5.76. The molecule has 0 radical (unpaired) electrons. The van der Waals surface area contributed by atoms with E-state index in [2.05, 4.69) is 5.32 Å². The van der Waals surface area contributed by atoms with Gasteiger partial charge in [0, 0.05) is 6.04 Å². The Morgan fingerprint density at radius 1 is 1.28 bits per heavy atom. The van der Waals surface area contributed by atoms with Crippen LogP contribution in [0.5, 0.6) is 0 Å². The maximum absolute atomic E-state index is 11.6. The molecule has 1 aliphatic carbocycles. The van der Waals surface area contributed by atoms with Crippen LogP contribution in [0.25, 0.3) is 0 Å². The number of amides is 1. The van der Waals surface area contributed by atoms with Gasteiger partial charge in [0.15, 0.2) is 0 Å². The van der Waals surface area contributed by atoms with E-state index in [0.29, 0.717) is 6.42 Å². The molecule has 0 spiro atoms. The molecule has 5 heteroatoms. The summed E-state index contributed by atoms with van der Waals surface area (Å²) in [6.45, 7) is 9.33. The first-order valence-corrected chi connectivity index (χ1v) is 6.15. The minimum absolute atomic E-state index is 0.0588.